The second-order valence-corrected chi connectivity index (χ2v) is 14.1. The number of thiophene rings is 1. The van der Waals surface area contributed by atoms with Crippen LogP contribution >= 0.6 is 11.3 Å². The van der Waals surface area contributed by atoms with Crippen molar-refractivity contribution >= 4 is 75.3 Å². The van der Waals surface area contributed by atoms with Gasteiger partial charge in [-0.3, -0.25) is 0 Å². The number of rotatable bonds is 4. The molecule has 4 aromatic heterocycles. The lowest BCUT2D eigenvalue weighted by atomic mass is 10.0. The second kappa shape index (κ2) is 11.0. The summed E-state index contributed by atoms with van der Waals surface area (Å²) in [6.45, 7) is 0. The summed E-state index contributed by atoms with van der Waals surface area (Å²) in [5.41, 5.74) is 10.1. The van der Waals surface area contributed by atoms with Gasteiger partial charge in [0.1, 0.15) is 11.2 Å². The van der Waals surface area contributed by atoms with Gasteiger partial charge in [0.05, 0.1) is 22.4 Å². The molecule has 0 bridgehead atoms. The third-order valence-electron chi connectivity index (χ3n) is 10.0. The molecule has 0 aliphatic carbocycles. The minimum Gasteiger partial charge on any atom is -0.456 e. The van der Waals surface area contributed by atoms with Crippen LogP contribution in [0.1, 0.15) is 0 Å². The molecule has 5 heteroatoms. The number of furan rings is 1. The molecule has 0 N–H and O–H groups in total. The standard InChI is InChI=1S/C46H27N3OS/c1-2-11-30(12-3-1)49-39-17-7-4-13-31(39)35-26-29(21-23-40(35)49)46-47-37(28-22-24-42-36(25-28)32-14-5-8-18-41(32)50-42)27-38(48-46)33-16-10-20-44-45(33)34-15-6-9-19-43(34)51-44/h1-27H. The summed E-state index contributed by atoms with van der Waals surface area (Å²) in [5.74, 6) is 0.689. The van der Waals surface area contributed by atoms with Crippen molar-refractivity contribution in [3.63, 3.8) is 0 Å². The van der Waals surface area contributed by atoms with E-state index < -0.39 is 0 Å². The number of fused-ring (bicyclic) bond motifs is 9. The Bertz CT molecular complexity index is 3150. The van der Waals surface area contributed by atoms with Crippen LogP contribution in [0, 0.1) is 0 Å². The number of para-hydroxylation sites is 3. The number of nitrogens with zero attached hydrogens (tertiary/aromatic N) is 3. The summed E-state index contributed by atoms with van der Waals surface area (Å²) in [6.07, 6.45) is 0. The summed E-state index contributed by atoms with van der Waals surface area (Å²) in [5, 5.41) is 7.01. The highest BCUT2D eigenvalue weighted by molar-refractivity contribution is 7.25. The van der Waals surface area contributed by atoms with Crippen molar-refractivity contribution in [2.45, 2.75) is 0 Å². The zero-order valence-corrected chi connectivity index (χ0v) is 28.1. The molecular formula is C46H27N3OS. The average Bonchev–Trinajstić information content (AvgIpc) is 3.87. The van der Waals surface area contributed by atoms with E-state index in [1.165, 1.54) is 36.5 Å². The van der Waals surface area contributed by atoms with Gasteiger partial charge in [0.25, 0.3) is 0 Å². The van der Waals surface area contributed by atoms with E-state index in [0.717, 1.165) is 61.2 Å². The van der Waals surface area contributed by atoms with Crippen LogP contribution in [0.2, 0.25) is 0 Å². The molecule has 0 atom stereocenters. The molecule has 11 aromatic rings. The third kappa shape index (κ3) is 4.38. The topological polar surface area (TPSA) is 43.9 Å². The average molecular weight is 670 g/mol. The largest absolute Gasteiger partial charge is 0.456 e. The Kier molecular flexibility index (Phi) is 6.09. The van der Waals surface area contributed by atoms with Gasteiger partial charge < -0.3 is 8.98 Å². The second-order valence-electron chi connectivity index (χ2n) is 13.0. The first-order valence-corrected chi connectivity index (χ1v) is 17.9. The summed E-state index contributed by atoms with van der Waals surface area (Å²) in [4.78, 5) is 10.7. The molecule has 4 heterocycles. The molecule has 0 aliphatic rings. The van der Waals surface area contributed by atoms with E-state index in [1.54, 1.807) is 0 Å². The van der Waals surface area contributed by atoms with Crippen LogP contribution in [-0.2, 0) is 0 Å². The molecule has 51 heavy (non-hydrogen) atoms. The maximum absolute atomic E-state index is 6.19. The number of aromatic nitrogens is 3. The van der Waals surface area contributed by atoms with E-state index in [0.29, 0.717) is 5.82 Å². The SMILES string of the molecule is c1ccc(-n2c3ccccc3c3cc(-c4nc(-c5ccc6oc7ccccc7c6c5)cc(-c5cccc6sc7ccccc7c56)n4)ccc32)cc1. The molecule has 4 nitrogen and oxygen atoms in total. The Morgan fingerprint density at radius 3 is 2.06 bits per heavy atom. The fraction of sp³-hybridized carbons (Fsp3) is 0. The van der Waals surface area contributed by atoms with E-state index in [-0.39, 0.29) is 0 Å². The molecule has 7 aromatic carbocycles. The van der Waals surface area contributed by atoms with Crippen LogP contribution in [0.5, 0.6) is 0 Å². The summed E-state index contributed by atoms with van der Waals surface area (Å²) in [6, 6.07) is 57.7. The monoisotopic (exact) mass is 669 g/mol. The zero-order valence-electron chi connectivity index (χ0n) is 27.2. The van der Waals surface area contributed by atoms with Crippen molar-refractivity contribution in [3.05, 3.63) is 164 Å². The predicted molar refractivity (Wildman–Crippen MR) is 213 cm³/mol. The van der Waals surface area contributed by atoms with E-state index in [2.05, 4.69) is 156 Å². The molecule has 0 saturated heterocycles. The fourth-order valence-corrected chi connectivity index (χ4v) is 8.84. The van der Waals surface area contributed by atoms with Crippen molar-refractivity contribution in [1.29, 1.82) is 0 Å². The quantitative estimate of drug-likeness (QED) is 0.187. The van der Waals surface area contributed by atoms with E-state index in [9.17, 15) is 0 Å². The Morgan fingerprint density at radius 2 is 1.14 bits per heavy atom. The van der Waals surface area contributed by atoms with Crippen molar-refractivity contribution in [1.82, 2.24) is 14.5 Å². The van der Waals surface area contributed by atoms with Crippen LogP contribution in [-0.4, -0.2) is 14.5 Å². The molecule has 0 unspecified atom stereocenters. The van der Waals surface area contributed by atoms with Gasteiger partial charge in [-0.15, -0.1) is 11.3 Å². The minimum atomic E-state index is 0.689. The molecule has 0 radical (unpaired) electrons. The normalized spacial score (nSPS) is 11.9. The highest BCUT2D eigenvalue weighted by atomic mass is 32.1. The molecule has 238 valence electrons. The van der Waals surface area contributed by atoms with Crippen molar-refractivity contribution < 1.29 is 4.42 Å². The maximum atomic E-state index is 6.19. The van der Waals surface area contributed by atoms with Crippen molar-refractivity contribution in [2.24, 2.45) is 0 Å². The van der Waals surface area contributed by atoms with E-state index in [4.69, 9.17) is 14.4 Å². The minimum absolute atomic E-state index is 0.689. The van der Waals surface area contributed by atoms with Gasteiger partial charge in [-0.2, -0.15) is 0 Å². The van der Waals surface area contributed by atoms with Crippen molar-refractivity contribution in [3.8, 4) is 39.6 Å². The van der Waals surface area contributed by atoms with Crippen LogP contribution in [0.15, 0.2) is 168 Å². The molecule has 0 saturated carbocycles. The first-order valence-electron chi connectivity index (χ1n) is 17.1. The van der Waals surface area contributed by atoms with Gasteiger partial charge >= 0.3 is 0 Å². The summed E-state index contributed by atoms with van der Waals surface area (Å²) < 4.78 is 11.0. The number of hydrogen-bond donors (Lipinski definition) is 0. The predicted octanol–water partition coefficient (Wildman–Crippen LogP) is 12.8. The molecule has 11 rings (SSSR count). The van der Waals surface area contributed by atoms with E-state index >= 15 is 0 Å². The Hall–Kier alpha value is -6.56. The van der Waals surface area contributed by atoms with Gasteiger partial charge in [0, 0.05) is 64.1 Å². The molecule has 0 aliphatic heterocycles. The fourth-order valence-electron chi connectivity index (χ4n) is 7.70. The van der Waals surface area contributed by atoms with Gasteiger partial charge in [-0.05, 0) is 78.9 Å². The zero-order chi connectivity index (χ0) is 33.5. The Labute approximate surface area is 296 Å². The first-order chi connectivity index (χ1) is 25.3. The van der Waals surface area contributed by atoms with Crippen LogP contribution in [0.3, 0.4) is 0 Å². The summed E-state index contributed by atoms with van der Waals surface area (Å²) >= 11 is 1.82. The van der Waals surface area contributed by atoms with Crippen molar-refractivity contribution in [2.75, 3.05) is 0 Å². The van der Waals surface area contributed by atoms with Crippen LogP contribution in [0.4, 0.5) is 0 Å². The summed E-state index contributed by atoms with van der Waals surface area (Å²) in [7, 11) is 0. The van der Waals surface area contributed by atoms with Gasteiger partial charge in [-0.1, -0.05) is 84.9 Å². The Morgan fingerprint density at radius 1 is 0.451 bits per heavy atom. The highest BCUT2D eigenvalue weighted by Gasteiger charge is 2.18. The molecule has 0 spiro atoms. The lowest BCUT2D eigenvalue weighted by Gasteiger charge is -2.11. The first kappa shape index (κ1) is 28.3. The number of benzene rings is 7. The van der Waals surface area contributed by atoms with Gasteiger partial charge in [-0.25, -0.2) is 9.97 Å². The van der Waals surface area contributed by atoms with Crippen LogP contribution < -0.4 is 0 Å². The number of hydrogen-bond acceptors (Lipinski definition) is 4. The lowest BCUT2D eigenvalue weighted by Crippen LogP contribution is -1.97. The van der Waals surface area contributed by atoms with Crippen LogP contribution in [0.25, 0.3) is 104 Å². The third-order valence-corrected chi connectivity index (χ3v) is 11.2. The molecule has 0 fully saturated rings. The lowest BCUT2D eigenvalue weighted by molar-refractivity contribution is 0.669. The van der Waals surface area contributed by atoms with Gasteiger partial charge in [0.15, 0.2) is 5.82 Å². The highest BCUT2D eigenvalue weighted by Crippen LogP contribution is 2.41. The molecular weight excluding hydrogens is 643 g/mol. The van der Waals surface area contributed by atoms with Gasteiger partial charge in [0.2, 0.25) is 0 Å². The Balaban J connectivity index is 1.17. The molecule has 0 amide bonds. The van der Waals surface area contributed by atoms with E-state index in [1.807, 2.05) is 23.5 Å². The maximum Gasteiger partial charge on any atom is 0.160 e. The smallest absolute Gasteiger partial charge is 0.160 e.